The van der Waals surface area contributed by atoms with Crippen molar-refractivity contribution in [1.82, 2.24) is 0 Å². The number of hydrogen-bond donors (Lipinski definition) is 0. The highest BCUT2D eigenvalue weighted by molar-refractivity contribution is 6.02. The molecule has 0 radical (unpaired) electrons. The zero-order valence-electron chi connectivity index (χ0n) is 8.92. The first-order valence-corrected chi connectivity index (χ1v) is 4.61. The van der Waals surface area contributed by atoms with Gasteiger partial charge < -0.3 is 4.74 Å². The maximum atomic E-state index is 11.0. The molecule has 1 aliphatic rings. The van der Waals surface area contributed by atoms with Crippen LogP contribution in [0.3, 0.4) is 0 Å². The molecule has 1 rings (SSSR count). The van der Waals surface area contributed by atoms with Crippen molar-refractivity contribution in [1.29, 1.82) is 0 Å². The van der Waals surface area contributed by atoms with E-state index < -0.39 is 6.09 Å². The lowest BCUT2D eigenvalue weighted by Crippen LogP contribution is -2.36. The fourth-order valence-corrected chi connectivity index (χ4v) is 1.40. The fraction of sp³-hybridized carbons (Fsp3) is 0.800. The highest BCUT2D eigenvalue weighted by Crippen LogP contribution is 2.29. The molecule has 0 spiro atoms. The zero-order chi connectivity index (χ0) is 10.2. The second-order valence-electron chi connectivity index (χ2n) is 4.82. The van der Waals surface area contributed by atoms with E-state index in [1.807, 2.05) is 34.6 Å². The van der Waals surface area contributed by atoms with Crippen LogP contribution in [0.2, 0.25) is 0 Å². The molecule has 13 heavy (non-hydrogen) atoms. The van der Waals surface area contributed by atoms with E-state index in [1.54, 1.807) is 0 Å². The van der Waals surface area contributed by atoms with Crippen LogP contribution < -0.4 is 0 Å². The molecule has 74 valence electrons. The first-order valence-electron chi connectivity index (χ1n) is 4.61. The summed E-state index contributed by atoms with van der Waals surface area (Å²) >= 11 is 0. The lowest BCUT2D eigenvalue weighted by molar-refractivity contribution is 0.0902. The number of carbonyl (C=O) groups excluding carboxylic acids is 1. The van der Waals surface area contributed by atoms with E-state index >= 15 is 0 Å². The Morgan fingerprint density at radius 2 is 1.92 bits per heavy atom. The van der Waals surface area contributed by atoms with Crippen LogP contribution in [0, 0.1) is 11.3 Å². The van der Waals surface area contributed by atoms with Crippen LogP contribution in [0.1, 0.15) is 34.6 Å². The highest BCUT2D eigenvalue weighted by Gasteiger charge is 2.38. The number of amides is 1. The molecule has 1 unspecified atom stereocenters. The fourth-order valence-electron chi connectivity index (χ4n) is 1.40. The van der Waals surface area contributed by atoms with Crippen molar-refractivity contribution in [3.8, 4) is 0 Å². The van der Waals surface area contributed by atoms with Gasteiger partial charge in [0.1, 0.15) is 6.10 Å². The van der Waals surface area contributed by atoms with Gasteiger partial charge in [0.25, 0.3) is 0 Å². The van der Waals surface area contributed by atoms with Gasteiger partial charge in [-0.25, -0.2) is 4.79 Å². The van der Waals surface area contributed by atoms with Crippen molar-refractivity contribution < 1.29 is 9.53 Å². The van der Waals surface area contributed by atoms with Crippen LogP contribution in [0.5, 0.6) is 0 Å². The zero-order valence-corrected chi connectivity index (χ0v) is 8.92. The first kappa shape index (κ1) is 10.2. The van der Waals surface area contributed by atoms with E-state index in [-0.39, 0.29) is 17.4 Å². The van der Waals surface area contributed by atoms with Crippen molar-refractivity contribution in [2.24, 2.45) is 16.3 Å². The molecule has 0 fully saturated rings. The summed E-state index contributed by atoms with van der Waals surface area (Å²) in [5.74, 6) is 0.274. The van der Waals surface area contributed by atoms with Gasteiger partial charge in [0, 0.05) is 5.41 Å². The Bertz CT molecular complexity index is 248. The SMILES string of the molecule is CC(C)C1=NC(=O)OC1C(C)(C)C. The highest BCUT2D eigenvalue weighted by atomic mass is 16.6. The minimum atomic E-state index is -0.441. The summed E-state index contributed by atoms with van der Waals surface area (Å²) < 4.78 is 5.16. The number of rotatable bonds is 1. The summed E-state index contributed by atoms with van der Waals surface area (Å²) in [6, 6.07) is 0. The predicted molar refractivity (Wildman–Crippen MR) is 52.0 cm³/mol. The number of cyclic esters (lactones) is 1. The lowest BCUT2D eigenvalue weighted by Gasteiger charge is -2.27. The van der Waals surface area contributed by atoms with Crippen LogP contribution in [0.4, 0.5) is 4.79 Å². The van der Waals surface area contributed by atoms with Gasteiger partial charge in [-0.2, -0.15) is 4.99 Å². The van der Waals surface area contributed by atoms with Crippen LogP contribution in [-0.4, -0.2) is 17.9 Å². The molecule has 0 N–H and O–H groups in total. The van der Waals surface area contributed by atoms with Gasteiger partial charge in [0.15, 0.2) is 0 Å². The Morgan fingerprint density at radius 3 is 2.23 bits per heavy atom. The standard InChI is InChI=1S/C10H17NO2/c1-6(2)7-8(10(3,4)5)13-9(12)11-7/h6,8H,1-5H3. The van der Waals surface area contributed by atoms with E-state index in [9.17, 15) is 4.79 Å². The van der Waals surface area contributed by atoms with Gasteiger partial charge >= 0.3 is 6.09 Å². The Kier molecular flexibility index (Phi) is 2.46. The molecule has 0 aromatic carbocycles. The third kappa shape index (κ3) is 2.08. The van der Waals surface area contributed by atoms with Gasteiger partial charge in [0.2, 0.25) is 0 Å². The Labute approximate surface area is 79.2 Å². The lowest BCUT2D eigenvalue weighted by atomic mass is 9.83. The van der Waals surface area contributed by atoms with E-state index in [0.717, 1.165) is 5.71 Å². The number of hydrogen-bond acceptors (Lipinski definition) is 2. The molecule has 3 heteroatoms. The molecule has 0 aromatic heterocycles. The summed E-state index contributed by atoms with van der Waals surface area (Å²) in [6.07, 6.45) is -0.594. The number of nitrogens with zero attached hydrogens (tertiary/aromatic N) is 1. The van der Waals surface area contributed by atoms with Crippen molar-refractivity contribution in [2.75, 3.05) is 0 Å². The molecule has 3 nitrogen and oxygen atoms in total. The van der Waals surface area contributed by atoms with E-state index in [1.165, 1.54) is 0 Å². The molecule has 1 aliphatic heterocycles. The van der Waals surface area contributed by atoms with Gasteiger partial charge in [-0.05, 0) is 5.92 Å². The summed E-state index contributed by atoms with van der Waals surface area (Å²) in [5.41, 5.74) is 0.812. The topological polar surface area (TPSA) is 38.7 Å². The monoisotopic (exact) mass is 183 g/mol. The van der Waals surface area contributed by atoms with Gasteiger partial charge in [-0.15, -0.1) is 0 Å². The number of aliphatic imine (C=N–C) groups is 1. The van der Waals surface area contributed by atoms with Gasteiger partial charge in [-0.1, -0.05) is 34.6 Å². The number of ether oxygens (including phenoxy) is 1. The average molecular weight is 183 g/mol. The summed E-state index contributed by atoms with van der Waals surface area (Å²) in [4.78, 5) is 14.9. The van der Waals surface area contributed by atoms with E-state index in [2.05, 4.69) is 4.99 Å². The normalized spacial score (nSPS) is 23.4. The molecule has 1 atom stereocenters. The summed E-state index contributed by atoms with van der Waals surface area (Å²) in [7, 11) is 0. The smallest absolute Gasteiger partial charge is 0.434 e. The maximum absolute atomic E-state index is 11.0. The molecule has 1 amide bonds. The predicted octanol–water partition coefficient (Wildman–Crippen LogP) is 2.65. The largest absolute Gasteiger partial charge is 0.438 e. The number of carbonyl (C=O) groups is 1. The summed E-state index contributed by atoms with van der Waals surface area (Å²) in [5, 5.41) is 0. The molecule has 0 saturated heterocycles. The molecular formula is C10H17NO2. The quantitative estimate of drug-likeness (QED) is 0.626. The van der Waals surface area contributed by atoms with Gasteiger partial charge in [0.05, 0.1) is 5.71 Å². The second kappa shape index (κ2) is 3.13. The molecule has 0 aliphatic carbocycles. The van der Waals surface area contributed by atoms with Crippen molar-refractivity contribution in [3.63, 3.8) is 0 Å². The minimum absolute atomic E-state index is 0.0603. The van der Waals surface area contributed by atoms with Crippen molar-refractivity contribution in [3.05, 3.63) is 0 Å². The minimum Gasteiger partial charge on any atom is -0.438 e. The van der Waals surface area contributed by atoms with Crippen LogP contribution in [-0.2, 0) is 4.74 Å². The van der Waals surface area contributed by atoms with Crippen LogP contribution in [0.15, 0.2) is 4.99 Å². The first-order chi connectivity index (χ1) is 5.82. The average Bonchev–Trinajstić information content (AvgIpc) is 2.29. The Balaban J connectivity index is 2.91. The molecule has 0 aromatic rings. The maximum Gasteiger partial charge on any atom is 0.434 e. The Hall–Kier alpha value is -0.860. The second-order valence-corrected chi connectivity index (χ2v) is 4.82. The van der Waals surface area contributed by atoms with Crippen LogP contribution >= 0.6 is 0 Å². The Morgan fingerprint density at radius 1 is 1.38 bits per heavy atom. The summed E-state index contributed by atoms with van der Waals surface area (Å²) in [6.45, 7) is 10.2. The van der Waals surface area contributed by atoms with E-state index in [4.69, 9.17) is 4.74 Å². The third-order valence-corrected chi connectivity index (χ3v) is 2.09. The van der Waals surface area contributed by atoms with E-state index in [0.29, 0.717) is 0 Å². The van der Waals surface area contributed by atoms with Crippen molar-refractivity contribution in [2.45, 2.75) is 40.7 Å². The third-order valence-electron chi connectivity index (χ3n) is 2.09. The molecule has 1 heterocycles. The molecule has 0 saturated carbocycles. The van der Waals surface area contributed by atoms with Crippen LogP contribution in [0.25, 0.3) is 0 Å². The van der Waals surface area contributed by atoms with Crippen molar-refractivity contribution >= 4 is 11.8 Å². The molecular weight excluding hydrogens is 166 g/mol. The molecule has 0 bridgehead atoms. The van der Waals surface area contributed by atoms with Gasteiger partial charge in [-0.3, -0.25) is 0 Å².